The molecule has 0 bridgehead atoms. The summed E-state index contributed by atoms with van der Waals surface area (Å²) in [7, 11) is 0. The Kier molecular flexibility index (Phi) is 6.36. The summed E-state index contributed by atoms with van der Waals surface area (Å²) in [6, 6.07) is 6.76. The Bertz CT molecular complexity index is 385. The lowest BCUT2D eigenvalue weighted by Crippen LogP contribution is -2.33. The van der Waals surface area contributed by atoms with Crippen molar-refractivity contribution in [1.82, 2.24) is 4.90 Å². The van der Waals surface area contributed by atoms with Crippen molar-refractivity contribution >= 4 is 5.97 Å². The molecule has 0 aliphatic carbocycles. The quantitative estimate of drug-likeness (QED) is 0.785. The van der Waals surface area contributed by atoms with Gasteiger partial charge < -0.3 is 9.84 Å². The molecule has 19 heavy (non-hydrogen) atoms. The van der Waals surface area contributed by atoms with E-state index >= 15 is 0 Å². The highest BCUT2D eigenvalue weighted by atomic mass is 16.5. The molecule has 0 spiro atoms. The van der Waals surface area contributed by atoms with Gasteiger partial charge in [-0.25, -0.2) is 0 Å². The first-order valence-corrected chi connectivity index (χ1v) is 6.83. The standard InChI is InChI=1S/C15H23NO3/c1-4-11-19-13-9-7-12(8-10-13)14(15(17)18)16(5-2)6-3/h7-10,14H,4-6,11H2,1-3H3,(H,17,18). The minimum Gasteiger partial charge on any atom is -0.494 e. The van der Waals surface area contributed by atoms with Gasteiger partial charge in [0.05, 0.1) is 6.61 Å². The number of likely N-dealkylation sites (N-methyl/N-ethyl adjacent to an activating group) is 1. The molecule has 1 N–H and O–H groups in total. The SMILES string of the molecule is CCCOc1ccc(C(C(=O)O)N(CC)CC)cc1. The number of hydrogen-bond donors (Lipinski definition) is 1. The van der Waals surface area contributed by atoms with Crippen LogP contribution in [0.5, 0.6) is 5.75 Å². The zero-order chi connectivity index (χ0) is 14.3. The van der Waals surface area contributed by atoms with Crippen LogP contribution in [0.4, 0.5) is 0 Å². The van der Waals surface area contributed by atoms with Crippen molar-refractivity contribution in [3.8, 4) is 5.75 Å². The summed E-state index contributed by atoms with van der Waals surface area (Å²) in [6.45, 7) is 8.09. The van der Waals surface area contributed by atoms with E-state index in [9.17, 15) is 9.90 Å². The van der Waals surface area contributed by atoms with Crippen LogP contribution in [0.1, 0.15) is 38.8 Å². The van der Waals surface area contributed by atoms with Crippen LogP contribution < -0.4 is 4.74 Å². The second-order valence-electron chi connectivity index (χ2n) is 4.38. The van der Waals surface area contributed by atoms with Crippen LogP contribution in [0, 0.1) is 0 Å². The van der Waals surface area contributed by atoms with Crippen LogP contribution in [-0.4, -0.2) is 35.7 Å². The van der Waals surface area contributed by atoms with Gasteiger partial charge in [-0.1, -0.05) is 32.9 Å². The van der Waals surface area contributed by atoms with E-state index in [4.69, 9.17) is 4.74 Å². The van der Waals surface area contributed by atoms with E-state index in [0.29, 0.717) is 19.7 Å². The van der Waals surface area contributed by atoms with E-state index < -0.39 is 12.0 Å². The third-order valence-corrected chi connectivity index (χ3v) is 3.08. The molecule has 0 aliphatic heterocycles. The Labute approximate surface area is 115 Å². The molecule has 106 valence electrons. The zero-order valence-electron chi connectivity index (χ0n) is 11.9. The minimum absolute atomic E-state index is 0.588. The first-order chi connectivity index (χ1) is 9.13. The number of benzene rings is 1. The van der Waals surface area contributed by atoms with E-state index in [0.717, 1.165) is 17.7 Å². The number of carbonyl (C=O) groups is 1. The summed E-state index contributed by atoms with van der Waals surface area (Å²) in [5, 5.41) is 9.40. The number of hydrogen-bond acceptors (Lipinski definition) is 3. The number of nitrogens with zero attached hydrogens (tertiary/aromatic N) is 1. The molecular weight excluding hydrogens is 242 g/mol. The highest BCUT2D eigenvalue weighted by Crippen LogP contribution is 2.23. The fraction of sp³-hybridized carbons (Fsp3) is 0.533. The summed E-state index contributed by atoms with van der Waals surface area (Å²) >= 11 is 0. The van der Waals surface area contributed by atoms with Gasteiger partial charge in [-0.05, 0) is 37.2 Å². The predicted molar refractivity (Wildman–Crippen MR) is 75.5 cm³/mol. The number of aliphatic carboxylic acids is 1. The summed E-state index contributed by atoms with van der Waals surface area (Å²) in [6.07, 6.45) is 0.957. The van der Waals surface area contributed by atoms with Gasteiger partial charge in [0.25, 0.3) is 0 Å². The third kappa shape index (κ3) is 4.24. The fourth-order valence-electron chi connectivity index (χ4n) is 2.06. The lowest BCUT2D eigenvalue weighted by atomic mass is 10.1. The summed E-state index contributed by atoms with van der Waals surface area (Å²) < 4.78 is 5.50. The number of carboxylic acids is 1. The lowest BCUT2D eigenvalue weighted by molar-refractivity contribution is -0.143. The summed E-state index contributed by atoms with van der Waals surface area (Å²) in [5.41, 5.74) is 0.792. The van der Waals surface area contributed by atoms with Gasteiger partial charge in [-0.15, -0.1) is 0 Å². The number of rotatable bonds is 8. The minimum atomic E-state index is -0.814. The van der Waals surface area contributed by atoms with E-state index in [1.807, 2.05) is 43.0 Å². The van der Waals surface area contributed by atoms with E-state index in [-0.39, 0.29) is 0 Å². The maximum absolute atomic E-state index is 11.4. The molecule has 0 saturated heterocycles. The summed E-state index contributed by atoms with van der Waals surface area (Å²) in [5.74, 6) is -0.0276. The van der Waals surface area contributed by atoms with Crippen molar-refractivity contribution < 1.29 is 14.6 Å². The number of ether oxygens (including phenoxy) is 1. The Morgan fingerprint density at radius 3 is 2.21 bits per heavy atom. The molecular formula is C15H23NO3. The van der Waals surface area contributed by atoms with Crippen LogP contribution in [0.25, 0.3) is 0 Å². The third-order valence-electron chi connectivity index (χ3n) is 3.08. The van der Waals surface area contributed by atoms with Crippen LogP contribution >= 0.6 is 0 Å². The molecule has 1 atom stereocenters. The van der Waals surface area contributed by atoms with Crippen molar-refractivity contribution in [1.29, 1.82) is 0 Å². The van der Waals surface area contributed by atoms with Crippen molar-refractivity contribution in [3.63, 3.8) is 0 Å². The fourth-order valence-corrected chi connectivity index (χ4v) is 2.06. The highest BCUT2D eigenvalue weighted by Gasteiger charge is 2.25. The van der Waals surface area contributed by atoms with Gasteiger partial charge in [0, 0.05) is 0 Å². The van der Waals surface area contributed by atoms with E-state index in [1.54, 1.807) is 0 Å². The molecule has 0 radical (unpaired) electrons. The molecule has 0 aliphatic rings. The Balaban J connectivity index is 2.88. The van der Waals surface area contributed by atoms with Gasteiger partial charge in [0.2, 0.25) is 0 Å². The second kappa shape index (κ2) is 7.79. The molecule has 1 unspecified atom stereocenters. The largest absolute Gasteiger partial charge is 0.494 e. The first kappa shape index (κ1) is 15.5. The predicted octanol–water partition coefficient (Wildman–Crippen LogP) is 2.94. The van der Waals surface area contributed by atoms with E-state index in [1.165, 1.54) is 0 Å². The lowest BCUT2D eigenvalue weighted by Gasteiger charge is -2.26. The van der Waals surface area contributed by atoms with Crippen LogP contribution in [-0.2, 0) is 4.79 Å². The maximum Gasteiger partial charge on any atom is 0.325 e. The molecule has 0 fully saturated rings. The monoisotopic (exact) mass is 265 g/mol. The average Bonchev–Trinajstić information content (AvgIpc) is 2.42. The highest BCUT2D eigenvalue weighted by molar-refractivity contribution is 5.75. The molecule has 0 aromatic heterocycles. The van der Waals surface area contributed by atoms with Crippen LogP contribution in [0.3, 0.4) is 0 Å². The zero-order valence-corrected chi connectivity index (χ0v) is 11.9. The van der Waals surface area contributed by atoms with E-state index in [2.05, 4.69) is 6.92 Å². The second-order valence-corrected chi connectivity index (χ2v) is 4.38. The summed E-state index contributed by atoms with van der Waals surface area (Å²) in [4.78, 5) is 13.4. The van der Waals surface area contributed by atoms with Crippen LogP contribution in [0.2, 0.25) is 0 Å². The molecule has 1 aromatic rings. The van der Waals surface area contributed by atoms with Crippen molar-refractivity contribution in [2.45, 2.75) is 33.2 Å². The molecule has 0 amide bonds. The normalized spacial score (nSPS) is 12.4. The van der Waals surface area contributed by atoms with Crippen molar-refractivity contribution in [2.24, 2.45) is 0 Å². The number of carboxylic acid groups (broad SMARTS) is 1. The molecule has 1 rings (SSSR count). The van der Waals surface area contributed by atoms with Gasteiger partial charge in [0.1, 0.15) is 11.8 Å². The Morgan fingerprint density at radius 2 is 1.79 bits per heavy atom. The Morgan fingerprint density at radius 1 is 1.21 bits per heavy atom. The van der Waals surface area contributed by atoms with Crippen LogP contribution in [0.15, 0.2) is 24.3 Å². The Hall–Kier alpha value is -1.55. The van der Waals surface area contributed by atoms with Crippen molar-refractivity contribution in [2.75, 3.05) is 19.7 Å². The first-order valence-electron chi connectivity index (χ1n) is 6.83. The topological polar surface area (TPSA) is 49.8 Å². The average molecular weight is 265 g/mol. The smallest absolute Gasteiger partial charge is 0.325 e. The van der Waals surface area contributed by atoms with Gasteiger partial charge in [0.15, 0.2) is 0 Å². The molecule has 0 heterocycles. The molecule has 1 aromatic carbocycles. The van der Waals surface area contributed by atoms with Gasteiger partial charge >= 0.3 is 5.97 Å². The molecule has 4 heteroatoms. The van der Waals surface area contributed by atoms with Crippen molar-refractivity contribution in [3.05, 3.63) is 29.8 Å². The molecule has 4 nitrogen and oxygen atoms in total. The van der Waals surface area contributed by atoms with Gasteiger partial charge in [-0.2, -0.15) is 0 Å². The van der Waals surface area contributed by atoms with Gasteiger partial charge in [-0.3, -0.25) is 9.69 Å². The molecule has 0 saturated carbocycles. The maximum atomic E-state index is 11.4.